The van der Waals surface area contributed by atoms with Gasteiger partial charge in [0.2, 0.25) is 0 Å². The molecule has 2 aromatic heterocycles. The maximum absolute atomic E-state index is 13.2. The van der Waals surface area contributed by atoms with Crippen LogP contribution in [-0.4, -0.2) is 40.0 Å². The van der Waals surface area contributed by atoms with Gasteiger partial charge >= 0.3 is 5.97 Å². The molecule has 0 saturated carbocycles. The molecule has 3 rings (SSSR count). The van der Waals surface area contributed by atoms with Crippen LogP contribution in [0.25, 0.3) is 11.1 Å². The second kappa shape index (κ2) is 11.8. The zero-order valence-electron chi connectivity index (χ0n) is 20.7. The number of carbonyl (C=O) groups is 2. The van der Waals surface area contributed by atoms with Crippen LogP contribution in [0.2, 0.25) is 10.0 Å². The second-order valence-electron chi connectivity index (χ2n) is 9.10. The molecule has 0 fully saturated rings. The summed E-state index contributed by atoms with van der Waals surface area (Å²) in [5.74, 6) is -0.260. The fraction of sp³-hybridized carbons (Fsp3) is 0.346. The molecule has 2 atom stereocenters. The lowest BCUT2D eigenvalue weighted by atomic mass is 10.0. The van der Waals surface area contributed by atoms with Crippen LogP contribution >= 0.6 is 23.2 Å². The van der Waals surface area contributed by atoms with Crippen LogP contribution in [0, 0.1) is 0 Å². The predicted octanol–water partition coefficient (Wildman–Crippen LogP) is 5.35. The van der Waals surface area contributed by atoms with Crippen LogP contribution in [0.4, 0.5) is 5.82 Å². The summed E-state index contributed by atoms with van der Waals surface area (Å²) in [4.78, 5) is 32.9. The molecule has 0 aliphatic heterocycles. The van der Waals surface area contributed by atoms with E-state index in [2.05, 4.69) is 20.6 Å². The minimum atomic E-state index is -1.12. The average Bonchev–Trinajstić information content (AvgIpc) is 3.32. The van der Waals surface area contributed by atoms with Gasteiger partial charge in [-0.05, 0) is 57.0 Å². The van der Waals surface area contributed by atoms with Crippen LogP contribution in [0.1, 0.15) is 56.2 Å². The van der Waals surface area contributed by atoms with Gasteiger partial charge in [-0.3, -0.25) is 9.59 Å². The van der Waals surface area contributed by atoms with Gasteiger partial charge in [-0.15, -0.1) is 0 Å². The van der Waals surface area contributed by atoms with Crippen LogP contribution in [-0.2, 0) is 9.53 Å². The topological polar surface area (TPSA) is 122 Å². The van der Waals surface area contributed by atoms with Gasteiger partial charge in [0, 0.05) is 34.6 Å². The minimum absolute atomic E-state index is 0.105. The van der Waals surface area contributed by atoms with Gasteiger partial charge in [-0.1, -0.05) is 42.3 Å². The third-order valence-corrected chi connectivity index (χ3v) is 6.21. The SMILES string of the molecule is CC[C@](C)(N)C(=O)OCC(NC(=O)c1cc(-c2cc(NC(C)C)ncc2Cl)c[nH]1)c1cccc(Cl)c1. The molecule has 192 valence electrons. The van der Waals surface area contributed by atoms with Crippen LogP contribution in [0.5, 0.6) is 0 Å². The number of nitrogens with two attached hydrogens (primary N) is 1. The average molecular weight is 532 g/mol. The first-order valence-corrected chi connectivity index (χ1v) is 12.4. The van der Waals surface area contributed by atoms with E-state index in [4.69, 9.17) is 33.7 Å². The smallest absolute Gasteiger partial charge is 0.325 e. The lowest BCUT2D eigenvalue weighted by Crippen LogP contribution is -2.46. The zero-order valence-corrected chi connectivity index (χ0v) is 22.2. The van der Waals surface area contributed by atoms with Crippen LogP contribution < -0.4 is 16.4 Å². The molecule has 36 heavy (non-hydrogen) atoms. The van der Waals surface area contributed by atoms with Gasteiger partial charge < -0.3 is 26.1 Å². The summed E-state index contributed by atoms with van der Waals surface area (Å²) in [5.41, 5.74) is 7.34. The first kappa shape index (κ1) is 27.5. The maximum atomic E-state index is 13.2. The summed E-state index contributed by atoms with van der Waals surface area (Å²) in [5, 5.41) is 7.11. The number of H-pyrrole nitrogens is 1. The van der Waals surface area contributed by atoms with Crippen molar-refractivity contribution in [3.05, 3.63) is 70.1 Å². The van der Waals surface area contributed by atoms with Crippen molar-refractivity contribution in [2.75, 3.05) is 11.9 Å². The van der Waals surface area contributed by atoms with Crippen molar-refractivity contribution < 1.29 is 14.3 Å². The number of ether oxygens (including phenoxy) is 1. The molecule has 0 aliphatic carbocycles. The maximum Gasteiger partial charge on any atom is 0.325 e. The number of benzene rings is 1. The number of nitrogens with zero attached hydrogens (tertiary/aromatic N) is 1. The second-order valence-corrected chi connectivity index (χ2v) is 9.94. The molecule has 5 N–H and O–H groups in total. The summed E-state index contributed by atoms with van der Waals surface area (Å²) in [6.45, 7) is 7.33. The zero-order chi connectivity index (χ0) is 26.5. The van der Waals surface area contributed by atoms with E-state index in [-0.39, 0.29) is 18.6 Å². The van der Waals surface area contributed by atoms with Crippen molar-refractivity contribution in [1.82, 2.24) is 15.3 Å². The summed E-state index contributed by atoms with van der Waals surface area (Å²) in [6, 6.07) is 10.1. The van der Waals surface area contributed by atoms with Gasteiger partial charge in [0.05, 0.1) is 11.1 Å². The van der Waals surface area contributed by atoms with Crippen molar-refractivity contribution in [2.45, 2.75) is 51.7 Å². The molecule has 2 heterocycles. The van der Waals surface area contributed by atoms with Crippen molar-refractivity contribution in [1.29, 1.82) is 0 Å². The highest BCUT2D eigenvalue weighted by molar-refractivity contribution is 6.33. The Bertz CT molecular complexity index is 1230. The summed E-state index contributed by atoms with van der Waals surface area (Å²) in [6.07, 6.45) is 3.68. The van der Waals surface area contributed by atoms with E-state index in [0.29, 0.717) is 33.5 Å². The fourth-order valence-electron chi connectivity index (χ4n) is 3.36. The largest absolute Gasteiger partial charge is 0.462 e. The van der Waals surface area contributed by atoms with Gasteiger partial charge in [-0.25, -0.2) is 4.98 Å². The van der Waals surface area contributed by atoms with E-state index in [1.807, 2.05) is 19.9 Å². The number of esters is 1. The number of rotatable bonds is 10. The molecule has 0 saturated heterocycles. The normalized spacial score (nSPS) is 13.7. The van der Waals surface area contributed by atoms with E-state index in [1.165, 1.54) is 0 Å². The van der Waals surface area contributed by atoms with Crippen molar-refractivity contribution in [3.63, 3.8) is 0 Å². The van der Waals surface area contributed by atoms with E-state index in [0.717, 1.165) is 11.1 Å². The minimum Gasteiger partial charge on any atom is -0.462 e. The Kier molecular flexibility index (Phi) is 9.00. The standard InChI is InChI=1S/C26H31Cl2N5O3/c1-5-26(4,29)25(35)36-14-22(16-7-6-8-18(27)9-16)33-24(34)21-10-17(12-30-21)19-11-23(32-15(2)3)31-13-20(19)28/h6-13,15,22,30H,5,14,29H2,1-4H3,(H,31,32)(H,33,34)/t22?,26-/m0/s1. The molecular formula is C26H31Cl2N5O3. The number of pyridine rings is 1. The highest BCUT2D eigenvalue weighted by Gasteiger charge is 2.29. The van der Waals surface area contributed by atoms with Crippen LogP contribution in [0.3, 0.4) is 0 Å². The van der Waals surface area contributed by atoms with E-state index >= 15 is 0 Å². The molecule has 0 aliphatic rings. The number of hydrogen-bond acceptors (Lipinski definition) is 6. The Morgan fingerprint density at radius 1 is 1.22 bits per heavy atom. The van der Waals surface area contributed by atoms with Crippen molar-refractivity contribution >= 4 is 40.9 Å². The summed E-state index contributed by atoms with van der Waals surface area (Å²) >= 11 is 12.5. The van der Waals surface area contributed by atoms with Gasteiger partial charge in [0.15, 0.2) is 0 Å². The fourth-order valence-corrected chi connectivity index (χ4v) is 3.78. The summed E-state index contributed by atoms with van der Waals surface area (Å²) in [7, 11) is 0. The Labute approximate surface area is 220 Å². The van der Waals surface area contributed by atoms with Gasteiger partial charge in [0.1, 0.15) is 23.7 Å². The Hall–Kier alpha value is -3.07. The number of nitrogens with one attached hydrogen (secondary N) is 3. The first-order valence-electron chi connectivity index (χ1n) is 11.6. The summed E-state index contributed by atoms with van der Waals surface area (Å²) < 4.78 is 5.46. The number of halogens is 2. The lowest BCUT2D eigenvalue weighted by Gasteiger charge is -2.24. The molecule has 1 amide bonds. The van der Waals surface area contributed by atoms with Gasteiger partial charge in [-0.2, -0.15) is 0 Å². The lowest BCUT2D eigenvalue weighted by molar-refractivity contribution is -0.150. The quantitative estimate of drug-likeness (QED) is 0.261. The molecule has 10 heteroatoms. The van der Waals surface area contributed by atoms with Crippen LogP contribution in [0.15, 0.2) is 48.8 Å². The van der Waals surface area contributed by atoms with Crippen molar-refractivity contribution in [2.24, 2.45) is 5.73 Å². The molecule has 0 bridgehead atoms. The number of aromatic amines is 1. The van der Waals surface area contributed by atoms with E-state index in [9.17, 15) is 9.59 Å². The number of hydrogen-bond donors (Lipinski definition) is 4. The Morgan fingerprint density at radius 2 is 1.97 bits per heavy atom. The highest BCUT2D eigenvalue weighted by atomic mass is 35.5. The molecular weight excluding hydrogens is 501 g/mol. The third-order valence-electron chi connectivity index (χ3n) is 5.67. The van der Waals surface area contributed by atoms with Gasteiger partial charge in [0.25, 0.3) is 5.91 Å². The molecule has 8 nitrogen and oxygen atoms in total. The Balaban J connectivity index is 1.81. The molecule has 1 aromatic carbocycles. The number of amides is 1. The molecule has 0 radical (unpaired) electrons. The third kappa shape index (κ3) is 7.00. The molecule has 0 spiro atoms. The predicted molar refractivity (Wildman–Crippen MR) is 143 cm³/mol. The highest BCUT2D eigenvalue weighted by Crippen LogP contribution is 2.30. The van der Waals surface area contributed by atoms with E-state index < -0.39 is 17.6 Å². The van der Waals surface area contributed by atoms with Crippen molar-refractivity contribution in [3.8, 4) is 11.1 Å². The molecule has 1 unspecified atom stereocenters. The first-order chi connectivity index (χ1) is 17.0. The monoisotopic (exact) mass is 531 g/mol. The van der Waals surface area contributed by atoms with E-state index in [1.54, 1.807) is 56.6 Å². The Morgan fingerprint density at radius 3 is 2.64 bits per heavy atom. The molecule has 3 aromatic rings. The number of aromatic nitrogens is 2. The number of anilines is 1. The number of carbonyl (C=O) groups excluding carboxylic acids is 2.